The number of amides is 1. The maximum Gasteiger partial charge on any atom is 0.226 e. The number of nitriles is 1. The summed E-state index contributed by atoms with van der Waals surface area (Å²) in [5.41, 5.74) is 4.49. The summed E-state index contributed by atoms with van der Waals surface area (Å²) in [6.45, 7) is 6.24. The number of H-pyrrole nitrogens is 1. The molecule has 0 bridgehead atoms. The molecular weight excluding hydrogens is 364 g/mol. The number of imidazole rings is 1. The van der Waals surface area contributed by atoms with Crippen molar-refractivity contribution in [2.75, 3.05) is 24.5 Å². The van der Waals surface area contributed by atoms with Crippen molar-refractivity contribution in [3.8, 4) is 6.07 Å². The van der Waals surface area contributed by atoms with Gasteiger partial charge in [-0.25, -0.2) is 9.97 Å². The number of fused-ring (bicyclic) bond motifs is 2. The molecule has 5 rings (SSSR count). The molecule has 7 heteroatoms. The predicted octanol–water partition coefficient (Wildman–Crippen LogP) is 2.58. The van der Waals surface area contributed by atoms with Gasteiger partial charge >= 0.3 is 0 Å². The van der Waals surface area contributed by atoms with Crippen LogP contribution in [0.4, 0.5) is 5.82 Å². The lowest BCUT2D eigenvalue weighted by molar-refractivity contribution is -0.142. The van der Waals surface area contributed by atoms with Crippen molar-refractivity contribution < 1.29 is 4.79 Å². The van der Waals surface area contributed by atoms with Crippen LogP contribution in [-0.4, -0.2) is 45.4 Å². The van der Waals surface area contributed by atoms with Crippen molar-refractivity contribution in [2.45, 2.75) is 51.5 Å². The predicted molar refractivity (Wildman–Crippen MR) is 108 cm³/mol. The van der Waals surface area contributed by atoms with E-state index < -0.39 is 0 Å². The van der Waals surface area contributed by atoms with Crippen LogP contribution in [0.3, 0.4) is 0 Å². The summed E-state index contributed by atoms with van der Waals surface area (Å²) in [4.78, 5) is 30.1. The van der Waals surface area contributed by atoms with Crippen molar-refractivity contribution in [2.24, 2.45) is 5.92 Å². The first-order valence-electron chi connectivity index (χ1n) is 10.5. The molecule has 2 aromatic heterocycles. The molecule has 2 aliphatic heterocycles. The molecule has 0 radical (unpaired) electrons. The first-order valence-corrected chi connectivity index (χ1v) is 10.5. The Hall–Kier alpha value is -2.88. The molecule has 7 nitrogen and oxygen atoms in total. The van der Waals surface area contributed by atoms with Gasteiger partial charge in [0.1, 0.15) is 11.9 Å². The quantitative estimate of drug-likeness (QED) is 0.851. The molecule has 0 unspecified atom stereocenters. The summed E-state index contributed by atoms with van der Waals surface area (Å²) in [6, 6.07) is 4.24. The Balaban J connectivity index is 1.47. The average Bonchev–Trinajstić information content (AvgIpc) is 3.47. The number of aromatic amines is 1. The number of carbonyl (C=O) groups is 1. The van der Waals surface area contributed by atoms with Gasteiger partial charge in [-0.3, -0.25) is 4.79 Å². The van der Waals surface area contributed by atoms with Crippen molar-refractivity contribution in [1.29, 1.82) is 5.26 Å². The van der Waals surface area contributed by atoms with Gasteiger partial charge in [-0.05, 0) is 51.2 Å². The van der Waals surface area contributed by atoms with Crippen LogP contribution in [0.2, 0.25) is 0 Å². The van der Waals surface area contributed by atoms with Gasteiger partial charge < -0.3 is 14.8 Å². The van der Waals surface area contributed by atoms with E-state index in [4.69, 9.17) is 4.98 Å². The molecule has 1 spiro atoms. The smallest absolute Gasteiger partial charge is 0.226 e. The summed E-state index contributed by atoms with van der Waals surface area (Å²) in [7, 11) is 0. The van der Waals surface area contributed by atoms with Gasteiger partial charge in [0.15, 0.2) is 0 Å². The standard InChI is InChI=1S/C22H26N6O/c1-14-11-17(12-23)20(26-15(14)2)27-9-6-22(7-10-27)19-18(24-13-25-19)5-8-28(22)21(29)16-3-4-16/h11,13,16H,3-10H2,1-2H3,(H,24,25). The highest BCUT2D eigenvalue weighted by atomic mass is 16.2. The Kier molecular flexibility index (Phi) is 4.12. The third-order valence-electron chi connectivity index (χ3n) is 6.91. The van der Waals surface area contributed by atoms with Gasteiger partial charge in [0.25, 0.3) is 0 Å². The summed E-state index contributed by atoms with van der Waals surface area (Å²) in [5, 5.41) is 9.61. The fourth-order valence-corrected chi connectivity index (χ4v) is 4.96. The zero-order chi connectivity index (χ0) is 20.2. The van der Waals surface area contributed by atoms with Crippen LogP contribution in [0.15, 0.2) is 12.4 Å². The second-order valence-electron chi connectivity index (χ2n) is 8.64. The number of hydrogen-bond acceptors (Lipinski definition) is 5. The van der Waals surface area contributed by atoms with Gasteiger partial charge in [-0.1, -0.05) is 0 Å². The first kappa shape index (κ1) is 18.2. The van der Waals surface area contributed by atoms with Crippen LogP contribution >= 0.6 is 0 Å². The van der Waals surface area contributed by atoms with Gasteiger partial charge in [0, 0.05) is 43.4 Å². The zero-order valence-corrected chi connectivity index (χ0v) is 17.0. The van der Waals surface area contributed by atoms with Crippen molar-refractivity contribution in [3.63, 3.8) is 0 Å². The van der Waals surface area contributed by atoms with Gasteiger partial charge in [0.05, 0.1) is 23.1 Å². The Morgan fingerprint density at radius 2 is 2.03 bits per heavy atom. The number of anilines is 1. The minimum absolute atomic E-state index is 0.206. The number of pyridine rings is 1. The maximum atomic E-state index is 13.1. The molecular formula is C22H26N6O. The Bertz CT molecular complexity index is 1010. The highest BCUT2D eigenvalue weighted by molar-refractivity contribution is 5.82. The number of nitrogens with one attached hydrogen (secondary N) is 1. The van der Waals surface area contributed by atoms with E-state index in [2.05, 4.69) is 25.8 Å². The largest absolute Gasteiger partial charge is 0.355 e. The topological polar surface area (TPSA) is 88.9 Å². The summed E-state index contributed by atoms with van der Waals surface area (Å²) < 4.78 is 0. The number of aryl methyl sites for hydroxylation is 2. The lowest BCUT2D eigenvalue weighted by Crippen LogP contribution is -2.59. The van der Waals surface area contributed by atoms with Crippen LogP contribution < -0.4 is 4.90 Å². The number of carbonyl (C=O) groups excluding carboxylic acids is 1. The number of nitrogens with zero attached hydrogens (tertiary/aromatic N) is 5. The van der Waals surface area contributed by atoms with Crippen LogP contribution in [0.25, 0.3) is 0 Å². The van der Waals surface area contributed by atoms with Crippen molar-refractivity contribution in [1.82, 2.24) is 19.9 Å². The lowest BCUT2D eigenvalue weighted by Gasteiger charge is -2.51. The molecule has 3 aliphatic rings. The van der Waals surface area contributed by atoms with Crippen LogP contribution in [0, 0.1) is 31.1 Å². The monoisotopic (exact) mass is 390 g/mol. The summed E-state index contributed by atoms with van der Waals surface area (Å²) in [6.07, 6.45) is 6.26. The van der Waals surface area contributed by atoms with Gasteiger partial charge in [0.2, 0.25) is 5.91 Å². The summed E-state index contributed by atoms with van der Waals surface area (Å²) in [5.74, 6) is 1.27. The van der Waals surface area contributed by atoms with Crippen LogP contribution in [-0.2, 0) is 16.8 Å². The Morgan fingerprint density at radius 1 is 1.28 bits per heavy atom. The third-order valence-corrected chi connectivity index (χ3v) is 6.91. The first-order chi connectivity index (χ1) is 14.0. The van der Waals surface area contributed by atoms with Gasteiger partial charge in [-0.2, -0.15) is 5.26 Å². The molecule has 2 aromatic rings. The normalized spacial score (nSPS) is 20.4. The maximum absolute atomic E-state index is 13.1. The molecule has 1 N–H and O–H groups in total. The second kappa shape index (κ2) is 6.58. The fourth-order valence-electron chi connectivity index (χ4n) is 4.96. The Labute approximate surface area is 170 Å². The molecule has 150 valence electrons. The van der Waals surface area contributed by atoms with Gasteiger partial charge in [-0.15, -0.1) is 0 Å². The molecule has 29 heavy (non-hydrogen) atoms. The zero-order valence-electron chi connectivity index (χ0n) is 17.0. The molecule has 0 atom stereocenters. The number of aromatic nitrogens is 3. The average molecular weight is 390 g/mol. The second-order valence-corrected chi connectivity index (χ2v) is 8.64. The van der Waals surface area contributed by atoms with Crippen molar-refractivity contribution >= 4 is 11.7 Å². The molecule has 4 heterocycles. The number of hydrogen-bond donors (Lipinski definition) is 1. The molecule has 1 aliphatic carbocycles. The molecule has 1 amide bonds. The lowest BCUT2D eigenvalue weighted by atomic mass is 9.78. The highest BCUT2D eigenvalue weighted by Crippen LogP contribution is 2.45. The van der Waals surface area contributed by atoms with E-state index in [0.29, 0.717) is 11.5 Å². The highest BCUT2D eigenvalue weighted by Gasteiger charge is 2.51. The van der Waals surface area contributed by atoms with Crippen LogP contribution in [0.1, 0.15) is 53.9 Å². The van der Waals surface area contributed by atoms with Crippen LogP contribution in [0.5, 0.6) is 0 Å². The van der Waals surface area contributed by atoms with Crippen molar-refractivity contribution in [3.05, 3.63) is 40.6 Å². The van der Waals surface area contributed by atoms with E-state index in [1.165, 1.54) is 5.69 Å². The minimum Gasteiger partial charge on any atom is -0.355 e. The number of rotatable bonds is 2. The number of piperidine rings is 1. The SMILES string of the molecule is Cc1cc(C#N)c(N2CCC3(CC2)c2nc[nH]c2CCN3C(=O)C2CC2)nc1C. The van der Waals surface area contributed by atoms with E-state index in [1.807, 2.05) is 19.9 Å². The Morgan fingerprint density at radius 3 is 2.72 bits per heavy atom. The molecule has 1 saturated heterocycles. The van der Waals surface area contributed by atoms with E-state index in [9.17, 15) is 10.1 Å². The fraction of sp³-hybridized carbons (Fsp3) is 0.545. The van der Waals surface area contributed by atoms with E-state index in [1.54, 1.807) is 6.33 Å². The third kappa shape index (κ3) is 2.81. The molecule has 0 aromatic carbocycles. The van der Waals surface area contributed by atoms with E-state index in [-0.39, 0.29) is 11.5 Å². The van der Waals surface area contributed by atoms with E-state index in [0.717, 1.165) is 74.5 Å². The van der Waals surface area contributed by atoms with E-state index >= 15 is 0 Å². The molecule has 2 fully saturated rings. The minimum atomic E-state index is -0.337. The molecule has 1 saturated carbocycles. The summed E-state index contributed by atoms with van der Waals surface area (Å²) >= 11 is 0.